The second kappa shape index (κ2) is 12.6. The normalized spacial score (nSPS) is 17.3. The maximum Gasteiger partial charge on any atom is 0.295 e. The van der Waals surface area contributed by atoms with Gasteiger partial charge in [-0.3, -0.25) is 9.59 Å². The van der Waals surface area contributed by atoms with Crippen LogP contribution in [0, 0.1) is 0 Å². The van der Waals surface area contributed by atoms with E-state index in [4.69, 9.17) is 9.47 Å². The van der Waals surface area contributed by atoms with E-state index in [1.807, 2.05) is 45.0 Å². The van der Waals surface area contributed by atoms with Crippen LogP contribution < -0.4 is 9.47 Å². The fraction of sp³-hybridized carbons (Fsp3) is 0.448. The Labute approximate surface area is 214 Å². The molecule has 0 radical (unpaired) electrons. The van der Waals surface area contributed by atoms with Crippen LogP contribution in [0.3, 0.4) is 0 Å². The van der Waals surface area contributed by atoms with Gasteiger partial charge in [0, 0.05) is 18.7 Å². The van der Waals surface area contributed by atoms with Gasteiger partial charge in [-0.05, 0) is 75.3 Å². The van der Waals surface area contributed by atoms with E-state index in [-0.39, 0.29) is 17.4 Å². The first-order valence-corrected chi connectivity index (χ1v) is 12.8. The highest BCUT2D eigenvalue weighted by atomic mass is 16.5. The number of ketones is 1. The summed E-state index contributed by atoms with van der Waals surface area (Å²) in [6, 6.07) is 13.6. The predicted molar refractivity (Wildman–Crippen MR) is 141 cm³/mol. The molecule has 36 heavy (non-hydrogen) atoms. The number of rotatable bonds is 12. The number of aliphatic hydroxyl groups is 1. The van der Waals surface area contributed by atoms with E-state index in [2.05, 4.69) is 18.7 Å². The minimum absolute atomic E-state index is 0.0184. The molecule has 1 unspecified atom stereocenters. The first kappa shape index (κ1) is 27.3. The molecule has 0 aromatic heterocycles. The molecule has 7 nitrogen and oxygen atoms in total. The van der Waals surface area contributed by atoms with Crippen LogP contribution >= 0.6 is 0 Å². The second-order valence-corrected chi connectivity index (χ2v) is 9.13. The maximum absolute atomic E-state index is 13.2. The van der Waals surface area contributed by atoms with Crippen molar-refractivity contribution in [3.63, 3.8) is 0 Å². The lowest BCUT2D eigenvalue weighted by atomic mass is 9.95. The molecule has 1 amide bonds. The molecule has 0 saturated carbocycles. The largest absolute Gasteiger partial charge is 0.507 e. The van der Waals surface area contributed by atoms with E-state index in [0.717, 1.165) is 30.8 Å². The Hall–Kier alpha value is -3.32. The monoisotopic (exact) mass is 494 g/mol. The number of likely N-dealkylation sites (N-methyl/N-ethyl adjacent to an activating group) is 1. The number of carbonyl (C=O) groups excluding carboxylic acids is 2. The van der Waals surface area contributed by atoms with Crippen LogP contribution in [0.1, 0.15) is 58.2 Å². The number of hydrogen-bond acceptors (Lipinski definition) is 6. The predicted octanol–water partition coefficient (Wildman–Crippen LogP) is 5.03. The van der Waals surface area contributed by atoms with Gasteiger partial charge in [0.1, 0.15) is 17.3 Å². The van der Waals surface area contributed by atoms with Crippen LogP contribution in [0.15, 0.2) is 54.1 Å². The first-order chi connectivity index (χ1) is 17.3. The third kappa shape index (κ3) is 6.26. The van der Waals surface area contributed by atoms with Crippen molar-refractivity contribution in [3.8, 4) is 11.5 Å². The number of Topliss-reactive ketones (excluding diaryl/α,β-unsaturated/α-hetero) is 1. The zero-order valence-corrected chi connectivity index (χ0v) is 22.0. The third-order valence-corrected chi connectivity index (χ3v) is 6.26. The number of likely N-dealkylation sites (tertiary alicyclic amines) is 1. The van der Waals surface area contributed by atoms with Gasteiger partial charge < -0.3 is 24.4 Å². The average molecular weight is 495 g/mol. The standard InChI is InChI=1S/C29H38N2O5/c1-6-19-35-23-13-9-21(10-14-23)26-25(27(32)22-11-15-24(16-12-22)36-20(4)5)28(33)29(34)31(26)18-17-30(7-2)8-3/h9-16,20,26,32H,6-8,17-19H2,1-5H3/b27-25-. The maximum atomic E-state index is 13.2. The topological polar surface area (TPSA) is 79.3 Å². The van der Waals surface area contributed by atoms with Crippen LogP contribution in [0.2, 0.25) is 0 Å². The van der Waals surface area contributed by atoms with Crippen molar-refractivity contribution in [2.24, 2.45) is 0 Å². The number of amides is 1. The van der Waals surface area contributed by atoms with Crippen LogP contribution in [-0.2, 0) is 9.59 Å². The quantitative estimate of drug-likeness (QED) is 0.253. The molecule has 1 heterocycles. The average Bonchev–Trinajstić information content (AvgIpc) is 3.13. The van der Waals surface area contributed by atoms with Gasteiger partial charge in [-0.1, -0.05) is 32.9 Å². The molecule has 1 aliphatic rings. The van der Waals surface area contributed by atoms with Gasteiger partial charge in [-0.25, -0.2) is 0 Å². The molecule has 1 fully saturated rings. The summed E-state index contributed by atoms with van der Waals surface area (Å²) in [6.45, 7) is 13.4. The van der Waals surface area contributed by atoms with E-state index < -0.39 is 17.7 Å². The highest BCUT2D eigenvalue weighted by Gasteiger charge is 2.46. The Morgan fingerprint density at radius 1 is 0.972 bits per heavy atom. The van der Waals surface area contributed by atoms with Gasteiger partial charge in [0.05, 0.1) is 24.3 Å². The summed E-state index contributed by atoms with van der Waals surface area (Å²) in [5.74, 6) is -0.0707. The molecule has 0 bridgehead atoms. The van der Waals surface area contributed by atoms with Gasteiger partial charge in [-0.15, -0.1) is 0 Å². The van der Waals surface area contributed by atoms with Crippen molar-refractivity contribution in [2.45, 2.75) is 53.2 Å². The lowest BCUT2D eigenvalue weighted by Gasteiger charge is -2.28. The molecule has 1 aliphatic heterocycles. The minimum Gasteiger partial charge on any atom is -0.507 e. The Morgan fingerprint density at radius 2 is 1.58 bits per heavy atom. The molecule has 1 N–H and O–H groups in total. The lowest BCUT2D eigenvalue weighted by Crippen LogP contribution is -2.38. The van der Waals surface area contributed by atoms with Crippen LogP contribution in [0.5, 0.6) is 11.5 Å². The van der Waals surface area contributed by atoms with Gasteiger partial charge in [0.15, 0.2) is 0 Å². The van der Waals surface area contributed by atoms with Gasteiger partial charge >= 0.3 is 0 Å². The van der Waals surface area contributed by atoms with Crippen molar-refractivity contribution < 1.29 is 24.2 Å². The summed E-state index contributed by atoms with van der Waals surface area (Å²) in [5, 5.41) is 11.3. The molecule has 0 spiro atoms. The molecule has 2 aromatic carbocycles. The van der Waals surface area contributed by atoms with Crippen molar-refractivity contribution in [1.82, 2.24) is 9.80 Å². The molecule has 194 valence electrons. The van der Waals surface area contributed by atoms with Gasteiger partial charge in [0.25, 0.3) is 11.7 Å². The van der Waals surface area contributed by atoms with Gasteiger partial charge in [0.2, 0.25) is 0 Å². The molecule has 7 heteroatoms. The number of hydrogen-bond donors (Lipinski definition) is 1. The summed E-state index contributed by atoms with van der Waals surface area (Å²) in [4.78, 5) is 30.2. The van der Waals surface area contributed by atoms with E-state index >= 15 is 0 Å². The Bertz CT molecular complexity index is 1060. The van der Waals surface area contributed by atoms with Gasteiger partial charge in [-0.2, -0.15) is 0 Å². The zero-order valence-electron chi connectivity index (χ0n) is 22.0. The SMILES string of the molecule is CCCOc1ccc(C2/C(=C(/O)c3ccc(OC(C)C)cc3)C(=O)C(=O)N2CCN(CC)CC)cc1. The van der Waals surface area contributed by atoms with E-state index in [1.165, 1.54) is 0 Å². The summed E-state index contributed by atoms with van der Waals surface area (Å²) in [6.07, 6.45) is 0.915. The molecular formula is C29H38N2O5. The van der Waals surface area contributed by atoms with E-state index in [9.17, 15) is 14.7 Å². The van der Waals surface area contributed by atoms with Crippen molar-refractivity contribution in [2.75, 3.05) is 32.8 Å². The number of benzene rings is 2. The fourth-order valence-corrected chi connectivity index (χ4v) is 4.33. The molecule has 0 aliphatic carbocycles. The Morgan fingerprint density at radius 3 is 2.14 bits per heavy atom. The molecule has 1 saturated heterocycles. The van der Waals surface area contributed by atoms with Crippen molar-refractivity contribution in [1.29, 1.82) is 0 Å². The van der Waals surface area contributed by atoms with Crippen molar-refractivity contribution >= 4 is 17.4 Å². The lowest BCUT2D eigenvalue weighted by molar-refractivity contribution is -0.140. The summed E-state index contributed by atoms with van der Waals surface area (Å²) in [5.41, 5.74) is 1.30. The summed E-state index contributed by atoms with van der Waals surface area (Å²) < 4.78 is 11.4. The number of nitrogens with zero attached hydrogens (tertiary/aromatic N) is 2. The number of aliphatic hydroxyl groups excluding tert-OH is 1. The minimum atomic E-state index is -0.688. The Balaban J connectivity index is 2.02. The fourth-order valence-electron chi connectivity index (χ4n) is 4.33. The van der Waals surface area contributed by atoms with Crippen LogP contribution in [-0.4, -0.2) is 65.5 Å². The van der Waals surface area contributed by atoms with E-state index in [1.54, 1.807) is 29.2 Å². The third-order valence-electron chi connectivity index (χ3n) is 6.26. The summed E-state index contributed by atoms with van der Waals surface area (Å²) in [7, 11) is 0. The van der Waals surface area contributed by atoms with Crippen molar-refractivity contribution in [3.05, 3.63) is 65.2 Å². The molecular weight excluding hydrogens is 456 g/mol. The van der Waals surface area contributed by atoms with Crippen LogP contribution in [0.25, 0.3) is 5.76 Å². The van der Waals surface area contributed by atoms with Crippen LogP contribution in [0.4, 0.5) is 0 Å². The molecule has 3 rings (SSSR count). The summed E-state index contributed by atoms with van der Waals surface area (Å²) >= 11 is 0. The zero-order chi connectivity index (χ0) is 26.2. The number of carbonyl (C=O) groups is 2. The molecule has 2 aromatic rings. The highest BCUT2D eigenvalue weighted by molar-refractivity contribution is 6.46. The second-order valence-electron chi connectivity index (χ2n) is 9.13. The first-order valence-electron chi connectivity index (χ1n) is 12.8. The molecule has 1 atom stereocenters. The Kier molecular flexibility index (Phi) is 9.53. The highest BCUT2D eigenvalue weighted by Crippen LogP contribution is 2.40. The smallest absolute Gasteiger partial charge is 0.295 e. The van der Waals surface area contributed by atoms with E-state index in [0.29, 0.717) is 31.0 Å². The number of ether oxygens (including phenoxy) is 2.